The normalized spacial score (nSPS) is 10.1. The molecular formula is C15H13BrClNO2. The quantitative estimate of drug-likeness (QED) is 0.827. The Labute approximate surface area is 131 Å². The zero-order valence-corrected chi connectivity index (χ0v) is 12.9. The first-order valence-electron chi connectivity index (χ1n) is 6.07. The van der Waals surface area contributed by atoms with Crippen molar-refractivity contribution in [2.24, 2.45) is 0 Å². The summed E-state index contributed by atoms with van der Waals surface area (Å²) in [7, 11) is 0. The largest absolute Gasteiger partial charge is 0.492 e. The summed E-state index contributed by atoms with van der Waals surface area (Å²) >= 11 is 9.11. The number of ether oxygens (including phenoxy) is 1. The van der Waals surface area contributed by atoms with Crippen molar-refractivity contribution in [1.29, 1.82) is 0 Å². The van der Waals surface area contributed by atoms with Crippen molar-refractivity contribution < 1.29 is 9.53 Å². The van der Waals surface area contributed by atoms with Crippen LogP contribution in [0.2, 0.25) is 5.02 Å². The van der Waals surface area contributed by atoms with Crippen LogP contribution in [0.15, 0.2) is 53.0 Å². The molecule has 0 aliphatic carbocycles. The standard InChI is InChI=1S/C15H13BrClNO2/c16-12-3-1-11(2-4-12)15(19)18-9-10-20-14-7-5-13(17)6-8-14/h1-8H,9-10H2,(H,18,19). The topological polar surface area (TPSA) is 38.3 Å². The molecule has 104 valence electrons. The minimum absolute atomic E-state index is 0.114. The van der Waals surface area contributed by atoms with Gasteiger partial charge in [0.05, 0.1) is 6.54 Å². The van der Waals surface area contributed by atoms with E-state index in [1.807, 2.05) is 12.1 Å². The Morgan fingerprint density at radius 2 is 1.75 bits per heavy atom. The molecule has 0 heterocycles. The molecule has 3 nitrogen and oxygen atoms in total. The maximum absolute atomic E-state index is 11.8. The van der Waals surface area contributed by atoms with Crippen LogP contribution < -0.4 is 10.1 Å². The summed E-state index contributed by atoms with van der Waals surface area (Å²) in [5.41, 5.74) is 0.625. The third kappa shape index (κ3) is 4.54. The number of carbonyl (C=O) groups excluding carboxylic acids is 1. The van der Waals surface area contributed by atoms with E-state index in [1.165, 1.54) is 0 Å². The molecule has 0 aromatic heterocycles. The van der Waals surface area contributed by atoms with Gasteiger partial charge in [0.15, 0.2) is 0 Å². The van der Waals surface area contributed by atoms with Crippen LogP contribution in [-0.2, 0) is 0 Å². The first kappa shape index (κ1) is 14.9. The van der Waals surface area contributed by atoms with Crippen LogP contribution >= 0.6 is 27.5 Å². The molecule has 1 amide bonds. The lowest BCUT2D eigenvalue weighted by Crippen LogP contribution is -2.28. The highest BCUT2D eigenvalue weighted by Gasteiger charge is 2.04. The number of rotatable bonds is 5. The van der Waals surface area contributed by atoms with Crippen molar-refractivity contribution in [2.45, 2.75) is 0 Å². The van der Waals surface area contributed by atoms with E-state index in [2.05, 4.69) is 21.2 Å². The summed E-state index contributed by atoms with van der Waals surface area (Å²) in [6.07, 6.45) is 0. The van der Waals surface area contributed by atoms with E-state index in [0.717, 1.165) is 10.2 Å². The van der Waals surface area contributed by atoms with Crippen LogP contribution in [0.5, 0.6) is 5.75 Å². The second-order valence-corrected chi connectivity index (χ2v) is 5.42. The van der Waals surface area contributed by atoms with E-state index in [9.17, 15) is 4.79 Å². The summed E-state index contributed by atoms with van der Waals surface area (Å²) in [6.45, 7) is 0.849. The van der Waals surface area contributed by atoms with Crippen molar-refractivity contribution in [2.75, 3.05) is 13.2 Å². The number of nitrogens with one attached hydrogen (secondary N) is 1. The molecule has 0 saturated heterocycles. The second-order valence-electron chi connectivity index (χ2n) is 4.07. The van der Waals surface area contributed by atoms with Crippen LogP contribution in [-0.4, -0.2) is 19.1 Å². The van der Waals surface area contributed by atoms with Gasteiger partial charge in [0.25, 0.3) is 5.91 Å². The average molecular weight is 355 g/mol. The summed E-state index contributed by atoms with van der Waals surface area (Å²) in [5, 5.41) is 3.46. The van der Waals surface area contributed by atoms with Gasteiger partial charge in [-0.05, 0) is 48.5 Å². The summed E-state index contributed by atoms with van der Waals surface area (Å²) in [5.74, 6) is 0.615. The number of hydrogen-bond donors (Lipinski definition) is 1. The molecule has 0 spiro atoms. The molecule has 0 saturated carbocycles. The Kier molecular flexibility index (Phi) is 5.44. The minimum atomic E-state index is -0.114. The number of amides is 1. The lowest BCUT2D eigenvalue weighted by atomic mass is 10.2. The van der Waals surface area contributed by atoms with Crippen LogP contribution in [0, 0.1) is 0 Å². The zero-order chi connectivity index (χ0) is 14.4. The maximum Gasteiger partial charge on any atom is 0.251 e. The molecule has 0 unspecified atom stereocenters. The van der Waals surface area contributed by atoms with E-state index in [-0.39, 0.29) is 5.91 Å². The van der Waals surface area contributed by atoms with Crippen LogP contribution in [0.4, 0.5) is 0 Å². The molecule has 5 heteroatoms. The van der Waals surface area contributed by atoms with Gasteiger partial charge in [0.2, 0.25) is 0 Å². The van der Waals surface area contributed by atoms with Gasteiger partial charge < -0.3 is 10.1 Å². The highest BCUT2D eigenvalue weighted by Crippen LogP contribution is 2.15. The Balaban J connectivity index is 1.74. The third-order valence-corrected chi connectivity index (χ3v) is 3.36. The Morgan fingerprint density at radius 1 is 1.10 bits per heavy atom. The molecule has 20 heavy (non-hydrogen) atoms. The van der Waals surface area contributed by atoms with E-state index in [1.54, 1.807) is 36.4 Å². The predicted molar refractivity (Wildman–Crippen MR) is 83.4 cm³/mol. The predicted octanol–water partition coefficient (Wildman–Crippen LogP) is 3.91. The fraction of sp³-hybridized carbons (Fsp3) is 0.133. The first-order chi connectivity index (χ1) is 9.65. The molecule has 0 radical (unpaired) electrons. The SMILES string of the molecule is O=C(NCCOc1ccc(Cl)cc1)c1ccc(Br)cc1. The third-order valence-electron chi connectivity index (χ3n) is 2.58. The van der Waals surface area contributed by atoms with Crippen molar-refractivity contribution in [3.05, 3.63) is 63.6 Å². The molecule has 0 aliphatic heterocycles. The fourth-order valence-corrected chi connectivity index (χ4v) is 1.96. The second kappa shape index (κ2) is 7.31. The Morgan fingerprint density at radius 3 is 2.40 bits per heavy atom. The number of halogens is 2. The molecule has 2 aromatic rings. The lowest BCUT2D eigenvalue weighted by molar-refractivity contribution is 0.0947. The molecule has 2 rings (SSSR count). The van der Waals surface area contributed by atoms with E-state index < -0.39 is 0 Å². The average Bonchev–Trinajstić information content (AvgIpc) is 2.46. The van der Waals surface area contributed by atoms with E-state index in [4.69, 9.17) is 16.3 Å². The highest BCUT2D eigenvalue weighted by atomic mass is 79.9. The number of hydrogen-bond acceptors (Lipinski definition) is 2. The smallest absolute Gasteiger partial charge is 0.251 e. The molecule has 0 fully saturated rings. The van der Waals surface area contributed by atoms with Gasteiger partial charge in [0.1, 0.15) is 12.4 Å². The monoisotopic (exact) mass is 353 g/mol. The molecule has 1 N–H and O–H groups in total. The first-order valence-corrected chi connectivity index (χ1v) is 7.24. The Hall–Kier alpha value is -1.52. The lowest BCUT2D eigenvalue weighted by Gasteiger charge is -2.08. The van der Waals surface area contributed by atoms with Crippen molar-refractivity contribution in [3.8, 4) is 5.75 Å². The maximum atomic E-state index is 11.8. The molecule has 2 aromatic carbocycles. The molecule has 0 aliphatic rings. The number of carbonyl (C=O) groups is 1. The minimum Gasteiger partial charge on any atom is -0.492 e. The molecule has 0 bridgehead atoms. The van der Waals surface area contributed by atoms with Gasteiger partial charge >= 0.3 is 0 Å². The van der Waals surface area contributed by atoms with Crippen LogP contribution in [0.25, 0.3) is 0 Å². The van der Waals surface area contributed by atoms with E-state index >= 15 is 0 Å². The van der Waals surface area contributed by atoms with Crippen LogP contribution in [0.3, 0.4) is 0 Å². The van der Waals surface area contributed by atoms with Gasteiger partial charge in [-0.25, -0.2) is 0 Å². The van der Waals surface area contributed by atoms with E-state index in [0.29, 0.717) is 23.7 Å². The van der Waals surface area contributed by atoms with Crippen molar-refractivity contribution >= 4 is 33.4 Å². The van der Waals surface area contributed by atoms with Gasteiger partial charge in [-0.1, -0.05) is 27.5 Å². The van der Waals surface area contributed by atoms with Crippen molar-refractivity contribution in [3.63, 3.8) is 0 Å². The van der Waals surface area contributed by atoms with Gasteiger partial charge in [-0.2, -0.15) is 0 Å². The highest BCUT2D eigenvalue weighted by molar-refractivity contribution is 9.10. The zero-order valence-electron chi connectivity index (χ0n) is 10.6. The van der Waals surface area contributed by atoms with Gasteiger partial charge in [-0.15, -0.1) is 0 Å². The summed E-state index contributed by atoms with van der Waals surface area (Å²) in [6, 6.07) is 14.3. The van der Waals surface area contributed by atoms with Crippen LogP contribution in [0.1, 0.15) is 10.4 Å². The van der Waals surface area contributed by atoms with Gasteiger partial charge in [-0.3, -0.25) is 4.79 Å². The summed E-state index contributed by atoms with van der Waals surface area (Å²) in [4.78, 5) is 11.8. The fourth-order valence-electron chi connectivity index (χ4n) is 1.57. The van der Waals surface area contributed by atoms with Gasteiger partial charge in [0, 0.05) is 15.1 Å². The summed E-state index contributed by atoms with van der Waals surface area (Å²) < 4.78 is 6.43. The number of benzene rings is 2. The molecular weight excluding hydrogens is 342 g/mol. The Bertz CT molecular complexity index is 569. The molecule has 0 atom stereocenters. The van der Waals surface area contributed by atoms with Crippen molar-refractivity contribution in [1.82, 2.24) is 5.32 Å².